The first-order chi connectivity index (χ1) is 11.3. The number of carbonyl (C=O) groups is 1. The van der Waals surface area contributed by atoms with Crippen LogP contribution in [0.4, 0.5) is 18.9 Å². The molecule has 7 heteroatoms. The Morgan fingerprint density at radius 1 is 1.33 bits per heavy atom. The molecule has 0 aromatic heterocycles. The second-order valence-corrected chi connectivity index (χ2v) is 4.47. The number of hydrogen-bond acceptors (Lipinski definition) is 3. The summed E-state index contributed by atoms with van der Waals surface area (Å²) in [5.74, 6) is 3.68. The molecule has 0 saturated heterocycles. The van der Waals surface area contributed by atoms with E-state index in [1.54, 1.807) is 6.08 Å². The van der Waals surface area contributed by atoms with E-state index in [4.69, 9.17) is 10.9 Å². The number of unbranched alkanes of at least 4 members (excludes halogenated alkanes) is 1. The molecule has 0 aliphatic carbocycles. The van der Waals surface area contributed by atoms with Crippen LogP contribution in [0.3, 0.4) is 0 Å². The summed E-state index contributed by atoms with van der Waals surface area (Å²) in [4.78, 5) is 9.55. The molecule has 0 aliphatic heterocycles. The summed E-state index contributed by atoms with van der Waals surface area (Å²) < 4.78 is 33.5. The molecule has 0 bridgehead atoms. The summed E-state index contributed by atoms with van der Waals surface area (Å²) in [5, 5.41) is 7.78. The summed E-state index contributed by atoms with van der Waals surface area (Å²) in [6, 6.07) is 9.60. The van der Waals surface area contributed by atoms with Crippen molar-refractivity contribution in [2.45, 2.75) is 38.8 Å². The number of nitrogens with one attached hydrogen (secondary N) is 1. The topological polar surface area (TPSA) is 75.3 Å². The lowest BCUT2D eigenvalue weighted by Crippen LogP contribution is -2.09. The van der Waals surface area contributed by atoms with Gasteiger partial charge in [0.15, 0.2) is 0 Å². The van der Waals surface area contributed by atoms with Crippen molar-refractivity contribution in [3.63, 3.8) is 0 Å². The van der Waals surface area contributed by atoms with E-state index in [-0.39, 0.29) is 0 Å². The van der Waals surface area contributed by atoms with Gasteiger partial charge in [-0.3, -0.25) is 10.6 Å². The normalized spacial score (nSPS) is 10.0. The minimum Gasteiger partial charge on any atom is -0.481 e. The molecule has 0 heterocycles. The van der Waals surface area contributed by atoms with Crippen LogP contribution in [-0.2, 0) is 4.79 Å². The van der Waals surface area contributed by atoms with Gasteiger partial charge in [-0.15, -0.1) is 0 Å². The third-order valence-corrected chi connectivity index (χ3v) is 2.29. The molecule has 1 aromatic rings. The van der Waals surface area contributed by atoms with E-state index < -0.39 is 25.0 Å². The Hall–Kier alpha value is -2.28. The Morgan fingerprint density at radius 2 is 1.92 bits per heavy atom. The van der Waals surface area contributed by atoms with Crippen LogP contribution in [-0.4, -0.2) is 17.3 Å². The van der Waals surface area contributed by atoms with E-state index in [2.05, 4.69) is 25.0 Å². The van der Waals surface area contributed by atoms with Crippen LogP contribution >= 0.6 is 0 Å². The van der Waals surface area contributed by atoms with E-state index in [0.717, 1.165) is 5.69 Å². The number of benzene rings is 1. The number of para-hydroxylation sites is 1. The zero-order valence-corrected chi connectivity index (χ0v) is 13.7. The molecule has 4 nitrogen and oxygen atoms in total. The first kappa shape index (κ1) is 24.0. The molecule has 1 aromatic carbocycles. The van der Waals surface area contributed by atoms with E-state index in [0.29, 0.717) is 0 Å². The van der Waals surface area contributed by atoms with Crippen LogP contribution < -0.4 is 11.3 Å². The molecule has 0 radical (unpaired) electrons. The van der Waals surface area contributed by atoms with Gasteiger partial charge in [0.2, 0.25) is 0 Å². The average molecular weight is 346 g/mol. The maximum atomic E-state index is 11.2. The van der Waals surface area contributed by atoms with Crippen LogP contribution in [0.15, 0.2) is 55.1 Å². The number of carboxylic acid groups (broad SMARTS) is 1. The monoisotopic (exact) mass is 346 g/mol. The summed E-state index contributed by atoms with van der Waals surface area (Å²) in [5.41, 5.74) is 3.46. The minimum atomic E-state index is -4.35. The molecule has 0 aliphatic rings. The number of nitrogen functional groups attached to an aromatic ring is 1. The Bertz CT molecular complexity index is 461. The summed E-state index contributed by atoms with van der Waals surface area (Å²) >= 11 is 0. The van der Waals surface area contributed by atoms with Gasteiger partial charge in [0.1, 0.15) is 0 Å². The van der Waals surface area contributed by atoms with Crippen LogP contribution in [0, 0.1) is 0 Å². The second-order valence-electron chi connectivity index (χ2n) is 4.47. The number of carboxylic acids is 1. The van der Waals surface area contributed by atoms with Crippen molar-refractivity contribution >= 4 is 11.7 Å². The van der Waals surface area contributed by atoms with E-state index >= 15 is 0 Å². The highest BCUT2D eigenvalue weighted by Crippen LogP contribution is 2.20. The van der Waals surface area contributed by atoms with Crippen molar-refractivity contribution < 1.29 is 23.1 Å². The van der Waals surface area contributed by atoms with Gasteiger partial charge >= 0.3 is 12.1 Å². The van der Waals surface area contributed by atoms with Gasteiger partial charge in [-0.05, 0) is 18.6 Å². The van der Waals surface area contributed by atoms with Gasteiger partial charge in [0.05, 0.1) is 12.8 Å². The smallest absolute Gasteiger partial charge is 0.389 e. The lowest BCUT2D eigenvalue weighted by molar-refractivity contribution is -0.152. The fourth-order valence-corrected chi connectivity index (χ4v) is 1.14. The van der Waals surface area contributed by atoms with Gasteiger partial charge in [-0.25, -0.2) is 0 Å². The van der Waals surface area contributed by atoms with Gasteiger partial charge in [0, 0.05) is 5.69 Å². The SMILES string of the molecule is C=CC=CCCC.NNc1ccccc1.O=C(O)CCC(F)(F)F. The first-order valence-corrected chi connectivity index (χ1v) is 7.34. The van der Waals surface area contributed by atoms with Crippen LogP contribution in [0.5, 0.6) is 0 Å². The van der Waals surface area contributed by atoms with Crippen molar-refractivity contribution in [3.8, 4) is 0 Å². The molecule has 0 saturated carbocycles. The van der Waals surface area contributed by atoms with Gasteiger partial charge in [0.25, 0.3) is 0 Å². The van der Waals surface area contributed by atoms with Gasteiger partial charge in [-0.1, -0.05) is 56.4 Å². The summed E-state index contributed by atoms with van der Waals surface area (Å²) in [6.07, 6.45) is 1.85. The molecule has 1 rings (SSSR count). The molecule has 136 valence electrons. The van der Waals surface area contributed by atoms with Crippen molar-refractivity contribution in [2.75, 3.05) is 5.43 Å². The Morgan fingerprint density at radius 3 is 2.21 bits per heavy atom. The highest BCUT2D eigenvalue weighted by molar-refractivity contribution is 5.66. The lowest BCUT2D eigenvalue weighted by Gasteiger charge is -2.01. The third kappa shape index (κ3) is 22.0. The molecule has 4 N–H and O–H groups in total. The molecule has 0 unspecified atom stereocenters. The first-order valence-electron chi connectivity index (χ1n) is 7.34. The Labute approximate surface area is 140 Å². The van der Waals surface area contributed by atoms with Crippen molar-refractivity contribution in [3.05, 3.63) is 55.1 Å². The Kier molecular flexibility index (Phi) is 15.6. The van der Waals surface area contributed by atoms with Crippen molar-refractivity contribution in [1.82, 2.24) is 0 Å². The van der Waals surface area contributed by atoms with E-state index in [1.165, 1.54) is 12.8 Å². The number of alkyl halides is 3. The van der Waals surface area contributed by atoms with E-state index in [1.807, 2.05) is 36.4 Å². The molecule has 0 atom stereocenters. The lowest BCUT2D eigenvalue weighted by atomic mass is 10.3. The van der Waals surface area contributed by atoms with Gasteiger partial charge in [-0.2, -0.15) is 13.2 Å². The number of allylic oxidation sites excluding steroid dienone is 3. The molecule has 0 fully saturated rings. The zero-order chi connectivity index (χ0) is 18.8. The van der Waals surface area contributed by atoms with Crippen molar-refractivity contribution in [2.24, 2.45) is 5.84 Å². The van der Waals surface area contributed by atoms with Crippen LogP contribution in [0.1, 0.15) is 32.6 Å². The standard InChI is InChI=1S/C7H12.C6H8N2.C4H5F3O2/c1-3-5-7-6-4-2;7-8-6-4-2-1-3-5-6;5-4(6,7)2-1-3(8)9/h3,5,7H,1,4,6H2,2H3;1-5,8H,7H2;1-2H2,(H,8,9). The summed E-state index contributed by atoms with van der Waals surface area (Å²) in [7, 11) is 0. The predicted octanol–water partition coefficient (Wildman–Crippen LogP) is 4.91. The molecular formula is C17H25F3N2O2. The number of anilines is 1. The fourth-order valence-electron chi connectivity index (χ4n) is 1.14. The quantitative estimate of drug-likeness (QED) is 0.388. The van der Waals surface area contributed by atoms with Crippen LogP contribution in [0.2, 0.25) is 0 Å². The number of halogens is 3. The second kappa shape index (κ2) is 15.6. The highest BCUT2D eigenvalue weighted by atomic mass is 19.4. The number of rotatable bonds is 6. The van der Waals surface area contributed by atoms with Gasteiger partial charge < -0.3 is 10.5 Å². The predicted molar refractivity (Wildman–Crippen MR) is 91.4 cm³/mol. The maximum Gasteiger partial charge on any atom is 0.389 e. The molecule has 0 spiro atoms. The fraction of sp³-hybridized carbons (Fsp3) is 0.353. The van der Waals surface area contributed by atoms with E-state index in [9.17, 15) is 18.0 Å². The molecule has 24 heavy (non-hydrogen) atoms. The van der Waals surface area contributed by atoms with Crippen molar-refractivity contribution in [1.29, 1.82) is 0 Å². The zero-order valence-electron chi connectivity index (χ0n) is 13.7. The maximum absolute atomic E-state index is 11.2. The number of hydrazine groups is 1. The number of nitrogens with two attached hydrogens (primary N) is 1. The average Bonchev–Trinajstić information content (AvgIpc) is 2.55. The van der Waals surface area contributed by atoms with Crippen LogP contribution in [0.25, 0.3) is 0 Å². The Balaban J connectivity index is 0. The highest BCUT2D eigenvalue weighted by Gasteiger charge is 2.27. The third-order valence-electron chi connectivity index (χ3n) is 2.29. The number of aliphatic carboxylic acids is 1. The molecular weight excluding hydrogens is 321 g/mol. The minimum absolute atomic E-state index is 0.844. The summed E-state index contributed by atoms with van der Waals surface area (Å²) in [6.45, 7) is 5.71. The molecule has 0 amide bonds. The largest absolute Gasteiger partial charge is 0.481 e. The number of hydrogen-bond donors (Lipinski definition) is 3.